The molecular formula is C12H13FN4O2S. The number of halogens is 1. The third-order valence-electron chi connectivity index (χ3n) is 3.01. The number of rotatable bonds is 3. The van der Waals surface area contributed by atoms with Crippen LogP contribution in [0.25, 0.3) is 0 Å². The normalized spacial score (nSPS) is 21.9. The van der Waals surface area contributed by atoms with Gasteiger partial charge in [-0.3, -0.25) is 4.98 Å². The molecule has 2 N–H and O–H groups in total. The van der Waals surface area contributed by atoms with E-state index in [9.17, 15) is 9.18 Å². The van der Waals surface area contributed by atoms with Gasteiger partial charge in [-0.05, 0) is 18.3 Å². The van der Waals surface area contributed by atoms with Gasteiger partial charge >= 0.3 is 6.09 Å². The lowest BCUT2D eigenvalue weighted by atomic mass is 10.0. The van der Waals surface area contributed by atoms with Crippen LogP contribution in [-0.4, -0.2) is 46.6 Å². The highest BCUT2D eigenvalue weighted by Crippen LogP contribution is 2.30. The van der Waals surface area contributed by atoms with Crippen molar-refractivity contribution >= 4 is 34.8 Å². The molecule has 2 atom stereocenters. The van der Waals surface area contributed by atoms with Crippen LogP contribution >= 0.6 is 12.2 Å². The number of alkyl halides is 1. The first-order valence-electron chi connectivity index (χ1n) is 6.00. The Morgan fingerprint density at radius 3 is 3.15 bits per heavy atom. The first-order chi connectivity index (χ1) is 9.60. The number of carboxylic acid groups (broad SMARTS) is 1. The molecule has 0 radical (unpaired) electrons. The average Bonchev–Trinajstić information content (AvgIpc) is 2.38. The standard InChI is InChI=1S/C12H13FN4O2S/c13-8-3-9(16-12(18)19)6-17(5-8)11-1-2-14-4-10(11)15-7-20/h1-2,4,8-9,16H,3,5-6H2,(H,18,19)/t8-,9+/m1/s1. The minimum atomic E-state index is -1.16. The maximum atomic E-state index is 13.8. The molecule has 1 aliphatic heterocycles. The minimum absolute atomic E-state index is 0.166. The van der Waals surface area contributed by atoms with Crippen LogP contribution in [0.3, 0.4) is 0 Å². The molecule has 1 aliphatic rings. The molecule has 2 heterocycles. The zero-order valence-corrected chi connectivity index (χ0v) is 11.3. The molecule has 0 aromatic carbocycles. The molecule has 0 unspecified atom stereocenters. The molecule has 1 aromatic heterocycles. The summed E-state index contributed by atoms with van der Waals surface area (Å²) in [5, 5.41) is 13.3. The van der Waals surface area contributed by atoms with Gasteiger partial charge in [-0.1, -0.05) is 0 Å². The SMILES string of the molecule is O=C(O)N[C@H]1C[C@@H](F)CN(c2ccncc2N=C=S)C1. The smallest absolute Gasteiger partial charge is 0.404 e. The predicted molar refractivity (Wildman–Crippen MR) is 75.6 cm³/mol. The Bertz CT molecular complexity index is 550. The fraction of sp³-hybridized carbons (Fsp3) is 0.417. The molecule has 1 amide bonds. The Hall–Kier alpha value is -2.05. The van der Waals surface area contributed by atoms with Crippen molar-refractivity contribution in [2.75, 3.05) is 18.0 Å². The Balaban J connectivity index is 2.23. The molecule has 8 heteroatoms. The monoisotopic (exact) mass is 296 g/mol. The Morgan fingerprint density at radius 1 is 1.65 bits per heavy atom. The summed E-state index contributed by atoms with van der Waals surface area (Å²) in [7, 11) is 0. The molecule has 0 spiro atoms. The number of aromatic nitrogens is 1. The summed E-state index contributed by atoms with van der Waals surface area (Å²) in [4.78, 5) is 20.2. The number of pyridine rings is 1. The average molecular weight is 296 g/mol. The van der Waals surface area contributed by atoms with Crippen LogP contribution in [0.5, 0.6) is 0 Å². The van der Waals surface area contributed by atoms with Gasteiger partial charge in [0.15, 0.2) is 0 Å². The highest BCUT2D eigenvalue weighted by molar-refractivity contribution is 7.78. The van der Waals surface area contributed by atoms with E-state index in [-0.39, 0.29) is 13.0 Å². The first kappa shape index (κ1) is 14.4. The second-order valence-corrected chi connectivity index (χ2v) is 4.63. The topological polar surface area (TPSA) is 77.8 Å². The second-order valence-electron chi connectivity index (χ2n) is 4.45. The first-order valence-corrected chi connectivity index (χ1v) is 6.41. The van der Waals surface area contributed by atoms with Crippen LogP contribution in [0, 0.1) is 0 Å². The Kier molecular flexibility index (Phi) is 4.60. The number of hydrogen-bond donors (Lipinski definition) is 2. The lowest BCUT2D eigenvalue weighted by Gasteiger charge is -2.36. The van der Waals surface area contributed by atoms with E-state index in [2.05, 4.69) is 32.7 Å². The number of thiocarbonyl (C=S) groups is 1. The van der Waals surface area contributed by atoms with Crippen molar-refractivity contribution < 1.29 is 14.3 Å². The Labute approximate surface area is 120 Å². The van der Waals surface area contributed by atoms with Crippen molar-refractivity contribution in [2.24, 2.45) is 4.99 Å². The van der Waals surface area contributed by atoms with Crippen LogP contribution in [0.15, 0.2) is 23.5 Å². The molecule has 0 saturated carbocycles. The minimum Gasteiger partial charge on any atom is -0.465 e. The summed E-state index contributed by atoms with van der Waals surface area (Å²) in [6.07, 6.45) is 0.976. The van der Waals surface area contributed by atoms with Gasteiger partial charge in [0.05, 0.1) is 23.1 Å². The number of anilines is 1. The summed E-state index contributed by atoms with van der Waals surface area (Å²) in [6.45, 7) is 0.554. The van der Waals surface area contributed by atoms with E-state index in [1.165, 1.54) is 6.20 Å². The van der Waals surface area contributed by atoms with Gasteiger partial charge in [-0.15, -0.1) is 0 Å². The van der Waals surface area contributed by atoms with E-state index in [0.29, 0.717) is 17.9 Å². The third kappa shape index (κ3) is 3.49. The van der Waals surface area contributed by atoms with E-state index < -0.39 is 18.3 Å². The number of carbonyl (C=O) groups is 1. The maximum Gasteiger partial charge on any atom is 0.404 e. The van der Waals surface area contributed by atoms with Gasteiger partial charge in [0, 0.05) is 25.7 Å². The predicted octanol–water partition coefficient (Wildman–Crippen LogP) is 2.00. The van der Waals surface area contributed by atoms with E-state index in [1.54, 1.807) is 17.2 Å². The number of amides is 1. The third-order valence-corrected chi connectivity index (χ3v) is 3.10. The molecule has 1 fully saturated rings. The van der Waals surface area contributed by atoms with Crippen molar-refractivity contribution in [3.8, 4) is 0 Å². The summed E-state index contributed by atoms with van der Waals surface area (Å²) in [6, 6.07) is 1.23. The number of aliphatic imine (C=N–C) groups is 1. The highest BCUT2D eigenvalue weighted by atomic mass is 32.1. The summed E-state index contributed by atoms with van der Waals surface area (Å²) in [5.74, 6) is 0. The van der Waals surface area contributed by atoms with Crippen LogP contribution in [0.2, 0.25) is 0 Å². The molecule has 0 aliphatic carbocycles. The van der Waals surface area contributed by atoms with Gasteiger partial charge in [-0.25, -0.2) is 9.18 Å². The van der Waals surface area contributed by atoms with Crippen molar-refractivity contribution in [3.63, 3.8) is 0 Å². The van der Waals surface area contributed by atoms with Crippen LogP contribution in [0.4, 0.5) is 20.6 Å². The van der Waals surface area contributed by atoms with Crippen molar-refractivity contribution in [2.45, 2.75) is 18.6 Å². The maximum absolute atomic E-state index is 13.8. The van der Waals surface area contributed by atoms with Crippen molar-refractivity contribution in [3.05, 3.63) is 18.5 Å². The molecule has 106 valence electrons. The summed E-state index contributed by atoms with van der Waals surface area (Å²) in [5.41, 5.74) is 1.16. The van der Waals surface area contributed by atoms with Crippen molar-refractivity contribution in [1.82, 2.24) is 10.3 Å². The largest absolute Gasteiger partial charge is 0.465 e. The van der Waals surface area contributed by atoms with Crippen LogP contribution in [-0.2, 0) is 0 Å². The van der Waals surface area contributed by atoms with E-state index in [0.717, 1.165) is 0 Å². The second kappa shape index (κ2) is 6.40. The molecule has 20 heavy (non-hydrogen) atoms. The number of nitrogens with zero attached hydrogens (tertiary/aromatic N) is 3. The molecule has 6 nitrogen and oxygen atoms in total. The zero-order valence-electron chi connectivity index (χ0n) is 10.5. The molecular weight excluding hydrogens is 283 g/mol. The van der Waals surface area contributed by atoms with E-state index >= 15 is 0 Å². The number of piperidine rings is 1. The number of isothiocyanates is 1. The van der Waals surface area contributed by atoms with Gasteiger partial charge < -0.3 is 15.3 Å². The van der Waals surface area contributed by atoms with Crippen molar-refractivity contribution in [1.29, 1.82) is 0 Å². The zero-order chi connectivity index (χ0) is 14.5. The van der Waals surface area contributed by atoms with Gasteiger partial charge in [0.1, 0.15) is 11.9 Å². The van der Waals surface area contributed by atoms with Crippen LogP contribution < -0.4 is 10.2 Å². The van der Waals surface area contributed by atoms with Crippen LogP contribution in [0.1, 0.15) is 6.42 Å². The lowest BCUT2D eigenvalue weighted by molar-refractivity contribution is 0.181. The van der Waals surface area contributed by atoms with E-state index in [1.807, 2.05) is 0 Å². The summed E-state index contributed by atoms with van der Waals surface area (Å²) < 4.78 is 13.8. The molecule has 1 aromatic rings. The molecule has 1 saturated heterocycles. The fourth-order valence-corrected chi connectivity index (χ4v) is 2.39. The highest BCUT2D eigenvalue weighted by Gasteiger charge is 2.29. The lowest BCUT2D eigenvalue weighted by Crippen LogP contribution is -2.51. The number of nitrogens with one attached hydrogen (secondary N) is 1. The van der Waals surface area contributed by atoms with Gasteiger partial charge in [0.25, 0.3) is 0 Å². The van der Waals surface area contributed by atoms with E-state index in [4.69, 9.17) is 5.11 Å². The molecule has 2 rings (SSSR count). The molecule has 0 bridgehead atoms. The Morgan fingerprint density at radius 2 is 2.45 bits per heavy atom. The summed E-state index contributed by atoms with van der Waals surface area (Å²) >= 11 is 4.57. The van der Waals surface area contributed by atoms with Gasteiger partial charge in [0.2, 0.25) is 0 Å². The van der Waals surface area contributed by atoms with Gasteiger partial charge in [-0.2, -0.15) is 4.99 Å². The fourth-order valence-electron chi connectivity index (χ4n) is 2.29. The number of hydrogen-bond acceptors (Lipinski definition) is 5. The quantitative estimate of drug-likeness (QED) is 0.659.